The van der Waals surface area contributed by atoms with Crippen molar-refractivity contribution in [3.05, 3.63) is 24.0 Å². The first-order chi connectivity index (χ1) is 9.65. The van der Waals surface area contributed by atoms with Crippen LogP contribution in [0.5, 0.6) is 0 Å². The molecule has 106 valence electrons. The average molecular weight is 275 g/mol. The smallest absolute Gasteiger partial charge is 0.184 e. The maximum absolute atomic E-state index is 13.2. The summed E-state index contributed by atoms with van der Waals surface area (Å²) in [6, 6.07) is 4.62. The SMILES string of the molecule is CC1CCCC(n2nnnc2-c2ccc(F)cc2N)C1. The average Bonchev–Trinajstić information content (AvgIpc) is 2.87. The Balaban J connectivity index is 1.97. The van der Waals surface area contributed by atoms with Crippen molar-refractivity contribution >= 4 is 5.69 Å². The Kier molecular flexibility index (Phi) is 3.38. The molecule has 2 atom stereocenters. The highest BCUT2D eigenvalue weighted by Gasteiger charge is 2.25. The first-order valence-corrected chi connectivity index (χ1v) is 6.98. The Labute approximate surface area is 117 Å². The maximum Gasteiger partial charge on any atom is 0.184 e. The lowest BCUT2D eigenvalue weighted by Gasteiger charge is -2.27. The quantitative estimate of drug-likeness (QED) is 0.856. The van der Waals surface area contributed by atoms with E-state index in [2.05, 4.69) is 22.4 Å². The van der Waals surface area contributed by atoms with Gasteiger partial charge >= 0.3 is 0 Å². The predicted octanol–water partition coefficient (Wildman–Crippen LogP) is 2.81. The number of tetrazole rings is 1. The molecule has 2 N–H and O–H groups in total. The minimum absolute atomic E-state index is 0.299. The summed E-state index contributed by atoms with van der Waals surface area (Å²) in [5.74, 6) is 0.953. The Morgan fingerprint density at radius 3 is 2.95 bits per heavy atom. The molecule has 1 aromatic heterocycles. The summed E-state index contributed by atoms with van der Waals surface area (Å²) in [6.07, 6.45) is 4.58. The molecule has 0 radical (unpaired) electrons. The second kappa shape index (κ2) is 5.19. The van der Waals surface area contributed by atoms with E-state index in [1.165, 1.54) is 25.0 Å². The van der Waals surface area contributed by atoms with Crippen molar-refractivity contribution < 1.29 is 4.39 Å². The minimum Gasteiger partial charge on any atom is -0.398 e. The molecule has 0 bridgehead atoms. The number of aromatic nitrogens is 4. The first kappa shape index (κ1) is 13.0. The predicted molar refractivity (Wildman–Crippen MR) is 74.3 cm³/mol. The summed E-state index contributed by atoms with van der Waals surface area (Å²) >= 11 is 0. The molecule has 1 aliphatic carbocycles. The highest BCUT2D eigenvalue weighted by atomic mass is 19.1. The van der Waals surface area contributed by atoms with Gasteiger partial charge in [0.1, 0.15) is 5.82 Å². The molecule has 20 heavy (non-hydrogen) atoms. The van der Waals surface area contributed by atoms with Crippen LogP contribution < -0.4 is 5.73 Å². The molecule has 0 amide bonds. The van der Waals surface area contributed by atoms with Crippen molar-refractivity contribution in [2.24, 2.45) is 5.92 Å². The lowest BCUT2D eigenvalue weighted by molar-refractivity contribution is 0.265. The number of anilines is 1. The number of hydrogen-bond donors (Lipinski definition) is 1. The van der Waals surface area contributed by atoms with E-state index >= 15 is 0 Å². The highest BCUT2D eigenvalue weighted by Crippen LogP contribution is 2.34. The number of halogens is 1. The number of benzene rings is 1. The lowest BCUT2D eigenvalue weighted by atomic mass is 9.87. The largest absolute Gasteiger partial charge is 0.398 e. The monoisotopic (exact) mass is 275 g/mol. The van der Waals surface area contributed by atoms with Gasteiger partial charge in [-0.1, -0.05) is 19.8 Å². The second-order valence-electron chi connectivity index (χ2n) is 5.60. The molecule has 1 aromatic carbocycles. The van der Waals surface area contributed by atoms with E-state index in [0.29, 0.717) is 29.0 Å². The molecule has 1 fully saturated rings. The van der Waals surface area contributed by atoms with Crippen LogP contribution in [-0.2, 0) is 0 Å². The van der Waals surface area contributed by atoms with Crippen LogP contribution in [0, 0.1) is 11.7 Å². The summed E-state index contributed by atoms with van der Waals surface area (Å²) in [5.41, 5.74) is 6.94. The third kappa shape index (κ3) is 2.37. The molecule has 2 aromatic rings. The zero-order valence-corrected chi connectivity index (χ0v) is 11.5. The van der Waals surface area contributed by atoms with E-state index < -0.39 is 0 Å². The normalized spacial score (nSPS) is 22.9. The summed E-state index contributed by atoms with van der Waals surface area (Å²) in [4.78, 5) is 0. The van der Waals surface area contributed by atoms with Gasteiger partial charge in [-0.25, -0.2) is 9.07 Å². The fourth-order valence-corrected chi connectivity index (χ4v) is 2.98. The van der Waals surface area contributed by atoms with Crippen LogP contribution in [0.25, 0.3) is 11.4 Å². The van der Waals surface area contributed by atoms with Crippen molar-refractivity contribution in [1.29, 1.82) is 0 Å². The van der Waals surface area contributed by atoms with Crippen LogP contribution in [0.2, 0.25) is 0 Å². The van der Waals surface area contributed by atoms with Crippen LogP contribution in [-0.4, -0.2) is 20.2 Å². The van der Waals surface area contributed by atoms with Gasteiger partial charge in [0.25, 0.3) is 0 Å². The van der Waals surface area contributed by atoms with Gasteiger partial charge < -0.3 is 5.73 Å². The van der Waals surface area contributed by atoms with E-state index in [9.17, 15) is 4.39 Å². The molecular formula is C14H18FN5. The van der Waals surface area contributed by atoms with Crippen LogP contribution in [0.4, 0.5) is 10.1 Å². The number of nitrogens with two attached hydrogens (primary N) is 1. The summed E-state index contributed by atoms with van der Waals surface area (Å²) < 4.78 is 15.0. The topological polar surface area (TPSA) is 69.6 Å². The molecule has 5 nitrogen and oxygen atoms in total. The van der Waals surface area contributed by atoms with Crippen molar-refractivity contribution in [3.63, 3.8) is 0 Å². The highest BCUT2D eigenvalue weighted by molar-refractivity contribution is 5.71. The minimum atomic E-state index is -0.350. The van der Waals surface area contributed by atoms with Gasteiger partial charge in [-0.3, -0.25) is 0 Å². The molecule has 2 unspecified atom stereocenters. The zero-order valence-electron chi connectivity index (χ0n) is 11.5. The molecule has 0 saturated heterocycles. The molecule has 0 spiro atoms. The van der Waals surface area contributed by atoms with E-state index in [1.54, 1.807) is 6.07 Å². The molecule has 1 heterocycles. The fourth-order valence-electron chi connectivity index (χ4n) is 2.98. The Bertz CT molecular complexity index is 609. The van der Waals surface area contributed by atoms with Crippen LogP contribution >= 0.6 is 0 Å². The van der Waals surface area contributed by atoms with Crippen molar-refractivity contribution in [3.8, 4) is 11.4 Å². The number of nitrogens with zero attached hydrogens (tertiary/aromatic N) is 4. The number of hydrogen-bond acceptors (Lipinski definition) is 4. The molecule has 0 aliphatic heterocycles. The molecule has 3 rings (SSSR count). The summed E-state index contributed by atoms with van der Waals surface area (Å²) in [7, 11) is 0. The van der Waals surface area contributed by atoms with Gasteiger partial charge in [0, 0.05) is 11.3 Å². The van der Waals surface area contributed by atoms with E-state index in [4.69, 9.17) is 5.73 Å². The van der Waals surface area contributed by atoms with E-state index in [0.717, 1.165) is 12.8 Å². The van der Waals surface area contributed by atoms with Crippen molar-refractivity contribution in [2.75, 3.05) is 5.73 Å². The maximum atomic E-state index is 13.2. The molecular weight excluding hydrogens is 257 g/mol. The van der Waals surface area contributed by atoms with Crippen LogP contribution in [0.15, 0.2) is 18.2 Å². The third-order valence-electron chi connectivity index (χ3n) is 4.00. The molecule has 1 aliphatic rings. The van der Waals surface area contributed by atoms with Crippen LogP contribution in [0.1, 0.15) is 38.6 Å². The van der Waals surface area contributed by atoms with Gasteiger partial charge in [-0.2, -0.15) is 0 Å². The summed E-state index contributed by atoms with van der Waals surface area (Å²) in [6.45, 7) is 2.25. The van der Waals surface area contributed by atoms with Gasteiger partial charge in [0.2, 0.25) is 0 Å². The third-order valence-corrected chi connectivity index (χ3v) is 4.00. The number of rotatable bonds is 2. The van der Waals surface area contributed by atoms with Crippen molar-refractivity contribution in [2.45, 2.75) is 38.6 Å². The second-order valence-corrected chi connectivity index (χ2v) is 5.60. The number of nitrogen functional groups attached to an aromatic ring is 1. The Morgan fingerprint density at radius 2 is 2.20 bits per heavy atom. The van der Waals surface area contributed by atoms with Crippen LogP contribution in [0.3, 0.4) is 0 Å². The zero-order chi connectivity index (χ0) is 14.1. The summed E-state index contributed by atoms with van der Waals surface area (Å²) in [5, 5.41) is 12.0. The van der Waals surface area contributed by atoms with E-state index in [-0.39, 0.29) is 5.82 Å². The molecule has 6 heteroatoms. The molecule has 1 saturated carbocycles. The van der Waals surface area contributed by atoms with E-state index in [1.807, 2.05) is 4.68 Å². The Hall–Kier alpha value is -1.98. The first-order valence-electron chi connectivity index (χ1n) is 6.98. The van der Waals surface area contributed by atoms with Gasteiger partial charge in [-0.05, 0) is 47.4 Å². The van der Waals surface area contributed by atoms with Gasteiger partial charge in [0.05, 0.1) is 6.04 Å². The Morgan fingerprint density at radius 1 is 1.35 bits per heavy atom. The van der Waals surface area contributed by atoms with Crippen molar-refractivity contribution in [1.82, 2.24) is 20.2 Å². The lowest BCUT2D eigenvalue weighted by Crippen LogP contribution is -2.19. The van der Waals surface area contributed by atoms with Gasteiger partial charge in [-0.15, -0.1) is 5.10 Å². The standard InChI is InChI=1S/C14H18FN5/c1-9-3-2-4-11(7-9)20-14(17-18-19-20)12-6-5-10(15)8-13(12)16/h5-6,8-9,11H,2-4,7,16H2,1H3. The van der Waals surface area contributed by atoms with Gasteiger partial charge in [0.15, 0.2) is 5.82 Å². The fraction of sp³-hybridized carbons (Fsp3) is 0.500.